The maximum Gasteiger partial charge on any atom is 0.320 e. The van der Waals surface area contributed by atoms with Crippen LogP contribution in [0.4, 0.5) is 0 Å². The number of esters is 1. The smallest absolute Gasteiger partial charge is 0.320 e. The highest BCUT2D eigenvalue weighted by molar-refractivity contribution is 5.94. The lowest BCUT2D eigenvalue weighted by Crippen LogP contribution is -2.36. The third kappa shape index (κ3) is 5.50. The van der Waals surface area contributed by atoms with E-state index in [0.717, 1.165) is 0 Å². The molecular weight excluding hydrogens is 210 g/mol. The average Bonchev–Trinajstić information content (AvgIpc) is 2.09. The largest absolute Gasteiger partial charge is 0.481 e. The van der Waals surface area contributed by atoms with Crippen molar-refractivity contribution in [3.8, 4) is 0 Å². The van der Waals surface area contributed by atoms with Gasteiger partial charge in [-0.15, -0.1) is 6.58 Å². The fourth-order valence-corrected chi connectivity index (χ4v) is 1.04. The number of carboxylic acids is 1. The van der Waals surface area contributed by atoms with E-state index in [2.05, 4.69) is 6.58 Å². The molecule has 0 rings (SSSR count). The van der Waals surface area contributed by atoms with E-state index >= 15 is 0 Å². The molecule has 5 nitrogen and oxygen atoms in total. The number of rotatable bonds is 5. The fourth-order valence-electron chi connectivity index (χ4n) is 1.04. The number of ether oxygens (including phenoxy) is 1. The number of carboxylic acid groups (broad SMARTS) is 1. The summed E-state index contributed by atoms with van der Waals surface area (Å²) in [6.45, 7) is 8.47. The van der Waals surface area contributed by atoms with E-state index in [0.29, 0.717) is 0 Å². The average molecular weight is 229 g/mol. The van der Waals surface area contributed by atoms with Crippen LogP contribution in [0.1, 0.15) is 27.2 Å². The predicted octanol–water partition coefficient (Wildman–Crippen LogP) is 0.932. The standard InChI is InChI=1S/C11H19NO4/c1-5-7(12)6-8(9(13)14)10(15)16-11(2,3)4/h5,7-8H,1,6,12H2,2-4H3,(H,13,14). The molecule has 0 heterocycles. The van der Waals surface area contributed by atoms with Gasteiger partial charge in [0.25, 0.3) is 0 Å². The summed E-state index contributed by atoms with van der Waals surface area (Å²) in [6, 6.07) is -0.534. The van der Waals surface area contributed by atoms with E-state index in [-0.39, 0.29) is 6.42 Å². The topological polar surface area (TPSA) is 89.6 Å². The second-order valence-electron chi connectivity index (χ2n) is 4.56. The van der Waals surface area contributed by atoms with Gasteiger partial charge in [-0.05, 0) is 27.2 Å². The number of hydrogen-bond donors (Lipinski definition) is 2. The van der Waals surface area contributed by atoms with Gasteiger partial charge in [-0.25, -0.2) is 0 Å². The van der Waals surface area contributed by atoms with Crippen molar-refractivity contribution in [3.63, 3.8) is 0 Å². The van der Waals surface area contributed by atoms with Crippen LogP contribution < -0.4 is 5.73 Å². The van der Waals surface area contributed by atoms with Crippen LogP contribution in [0.5, 0.6) is 0 Å². The Hall–Kier alpha value is -1.36. The van der Waals surface area contributed by atoms with Gasteiger partial charge >= 0.3 is 11.9 Å². The summed E-state index contributed by atoms with van der Waals surface area (Å²) in [7, 11) is 0. The Kier molecular flexibility index (Phi) is 5.17. The summed E-state index contributed by atoms with van der Waals surface area (Å²) < 4.78 is 5.00. The van der Waals surface area contributed by atoms with Gasteiger partial charge in [0.15, 0.2) is 5.92 Å². The van der Waals surface area contributed by atoms with Crippen LogP contribution in [-0.2, 0) is 14.3 Å². The van der Waals surface area contributed by atoms with Crippen molar-refractivity contribution >= 4 is 11.9 Å². The Morgan fingerprint density at radius 2 is 2.00 bits per heavy atom. The van der Waals surface area contributed by atoms with Crippen LogP contribution in [0, 0.1) is 5.92 Å². The minimum Gasteiger partial charge on any atom is -0.481 e. The molecule has 0 fully saturated rings. The highest BCUT2D eigenvalue weighted by atomic mass is 16.6. The Morgan fingerprint density at radius 1 is 1.50 bits per heavy atom. The van der Waals surface area contributed by atoms with Gasteiger partial charge in [0.05, 0.1) is 0 Å². The monoisotopic (exact) mass is 229 g/mol. The molecular formula is C11H19NO4. The van der Waals surface area contributed by atoms with E-state index < -0.39 is 29.5 Å². The van der Waals surface area contributed by atoms with Crippen LogP contribution >= 0.6 is 0 Å². The number of hydrogen-bond acceptors (Lipinski definition) is 4. The van der Waals surface area contributed by atoms with E-state index in [4.69, 9.17) is 15.6 Å². The number of carbonyl (C=O) groups excluding carboxylic acids is 1. The molecule has 0 saturated carbocycles. The van der Waals surface area contributed by atoms with Gasteiger partial charge in [-0.2, -0.15) is 0 Å². The first-order valence-corrected chi connectivity index (χ1v) is 5.01. The maximum atomic E-state index is 11.6. The van der Waals surface area contributed by atoms with E-state index in [1.165, 1.54) is 6.08 Å². The summed E-state index contributed by atoms with van der Waals surface area (Å²) in [6.07, 6.45) is 1.40. The van der Waals surface area contributed by atoms with Gasteiger partial charge in [0, 0.05) is 6.04 Å². The Morgan fingerprint density at radius 3 is 2.31 bits per heavy atom. The molecule has 2 unspecified atom stereocenters. The molecule has 0 amide bonds. The second-order valence-corrected chi connectivity index (χ2v) is 4.56. The lowest BCUT2D eigenvalue weighted by Gasteiger charge is -2.22. The lowest BCUT2D eigenvalue weighted by atomic mass is 10.0. The minimum absolute atomic E-state index is 0.00620. The van der Waals surface area contributed by atoms with Crippen LogP contribution in [0.15, 0.2) is 12.7 Å². The van der Waals surface area contributed by atoms with Gasteiger partial charge in [0.2, 0.25) is 0 Å². The molecule has 0 aliphatic rings. The van der Waals surface area contributed by atoms with Crippen molar-refractivity contribution in [1.82, 2.24) is 0 Å². The normalized spacial score (nSPS) is 15.0. The first kappa shape index (κ1) is 14.6. The zero-order chi connectivity index (χ0) is 12.9. The van der Waals surface area contributed by atoms with Crippen LogP contribution in [-0.4, -0.2) is 28.7 Å². The van der Waals surface area contributed by atoms with Crippen molar-refractivity contribution in [2.24, 2.45) is 11.7 Å². The molecule has 0 spiro atoms. The minimum atomic E-state index is -1.24. The summed E-state index contributed by atoms with van der Waals surface area (Å²) in [4.78, 5) is 22.4. The highest BCUT2D eigenvalue weighted by Gasteiger charge is 2.31. The Labute approximate surface area is 95.3 Å². The van der Waals surface area contributed by atoms with Crippen LogP contribution in [0.2, 0.25) is 0 Å². The van der Waals surface area contributed by atoms with Crippen molar-refractivity contribution in [1.29, 1.82) is 0 Å². The zero-order valence-electron chi connectivity index (χ0n) is 9.90. The Bertz CT molecular complexity index is 280. The van der Waals surface area contributed by atoms with Crippen LogP contribution in [0.25, 0.3) is 0 Å². The molecule has 3 N–H and O–H groups in total. The Balaban J connectivity index is 4.60. The van der Waals surface area contributed by atoms with Gasteiger partial charge in [-0.3, -0.25) is 9.59 Å². The van der Waals surface area contributed by atoms with Gasteiger partial charge in [-0.1, -0.05) is 6.08 Å². The summed E-state index contributed by atoms with van der Waals surface area (Å²) in [5, 5.41) is 8.89. The quantitative estimate of drug-likeness (QED) is 0.416. The molecule has 0 aliphatic carbocycles. The SMILES string of the molecule is C=CC(N)CC(C(=O)O)C(=O)OC(C)(C)C. The third-order valence-corrected chi connectivity index (χ3v) is 1.80. The van der Waals surface area contributed by atoms with Crippen molar-refractivity contribution in [3.05, 3.63) is 12.7 Å². The molecule has 0 aromatic heterocycles. The number of aliphatic carboxylic acids is 1. The predicted molar refractivity (Wildman–Crippen MR) is 59.8 cm³/mol. The highest BCUT2D eigenvalue weighted by Crippen LogP contribution is 2.15. The van der Waals surface area contributed by atoms with Crippen molar-refractivity contribution < 1.29 is 19.4 Å². The molecule has 0 saturated heterocycles. The molecule has 0 aromatic carbocycles. The fraction of sp³-hybridized carbons (Fsp3) is 0.636. The molecule has 5 heteroatoms. The van der Waals surface area contributed by atoms with Crippen LogP contribution in [0.3, 0.4) is 0 Å². The molecule has 0 aromatic rings. The van der Waals surface area contributed by atoms with Crippen molar-refractivity contribution in [2.45, 2.75) is 38.8 Å². The molecule has 2 atom stereocenters. The number of nitrogens with two attached hydrogens (primary N) is 1. The third-order valence-electron chi connectivity index (χ3n) is 1.80. The first-order valence-electron chi connectivity index (χ1n) is 5.01. The van der Waals surface area contributed by atoms with E-state index in [9.17, 15) is 9.59 Å². The maximum absolute atomic E-state index is 11.6. The first-order chi connectivity index (χ1) is 7.17. The molecule has 92 valence electrons. The summed E-state index contributed by atoms with van der Waals surface area (Å²) in [5.74, 6) is -3.24. The second kappa shape index (κ2) is 5.65. The molecule has 16 heavy (non-hydrogen) atoms. The van der Waals surface area contributed by atoms with Crippen molar-refractivity contribution in [2.75, 3.05) is 0 Å². The molecule has 0 aliphatic heterocycles. The van der Waals surface area contributed by atoms with Gasteiger partial charge in [0.1, 0.15) is 5.60 Å². The van der Waals surface area contributed by atoms with Gasteiger partial charge < -0.3 is 15.6 Å². The number of carbonyl (C=O) groups is 2. The molecule has 0 bridgehead atoms. The van der Waals surface area contributed by atoms with E-state index in [1.807, 2.05) is 0 Å². The lowest BCUT2D eigenvalue weighted by molar-refractivity contribution is -0.167. The molecule has 0 radical (unpaired) electrons. The van der Waals surface area contributed by atoms with E-state index in [1.54, 1.807) is 20.8 Å². The summed E-state index contributed by atoms with van der Waals surface area (Å²) in [5.41, 5.74) is 4.82. The summed E-state index contributed by atoms with van der Waals surface area (Å²) >= 11 is 0. The zero-order valence-corrected chi connectivity index (χ0v) is 9.90.